The smallest absolute Gasteiger partial charge is 0.341 e. The van der Waals surface area contributed by atoms with Crippen molar-refractivity contribution >= 4 is 11.6 Å². The summed E-state index contributed by atoms with van der Waals surface area (Å²) in [5.74, 6) is -1.45. The number of rotatable bonds is 3. The van der Waals surface area contributed by atoms with Gasteiger partial charge in [0.15, 0.2) is 0 Å². The molecule has 2 heterocycles. The zero-order chi connectivity index (χ0) is 16.4. The van der Waals surface area contributed by atoms with E-state index in [1.165, 1.54) is 28.7 Å². The Kier molecular flexibility index (Phi) is 3.89. The van der Waals surface area contributed by atoms with Gasteiger partial charge in [0.05, 0.1) is 11.3 Å². The Labute approximate surface area is 131 Å². The molecular formula is C17H13FN2O3. The Morgan fingerprint density at radius 3 is 2.83 bits per heavy atom. The van der Waals surface area contributed by atoms with Crippen molar-refractivity contribution in [2.45, 2.75) is 13.5 Å². The van der Waals surface area contributed by atoms with Gasteiger partial charge in [-0.3, -0.25) is 9.20 Å². The van der Waals surface area contributed by atoms with Crippen LogP contribution < -0.4 is 5.56 Å². The number of aromatic nitrogens is 2. The molecule has 0 saturated carbocycles. The molecule has 2 aromatic heterocycles. The molecule has 0 aliphatic carbocycles. The largest absolute Gasteiger partial charge is 0.455 e. The van der Waals surface area contributed by atoms with Crippen LogP contribution in [0.1, 0.15) is 21.6 Å². The van der Waals surface area contributed by atoms with Crippen molar-refractivity contribution in [1.82, 2.24) is 9.38 Å². The van der Waals surface area contributed by atoms with E-state index in [1.54, 1.807) is 18.3 Å². The number of pyridine rings is 1. The van der Waals surface area contributed by atoms with Crippen LogP contribution in [0.2, 0.25) is 0 Å². The van der Waals surface area contributed by atoms with E-state index in [4.69, 9.17) is 4.74 Å². The molecule has 116 valence electrons. The number of nitrogens with zero attached hydrogens (tertiary/aromatic N) is 2. The third-order valence-electron chi connectivity index (χ3n) is 3.31. The Balaban J connectivity index is 1.82. The SMILES string of the molecule is Cc1ccc2nc(COC(=O)c3ccccc3F)cc(=O)n2c1. The van der Waals surface area contributed by atoms with Gasteiger partial charge >= 0.3 is 5.97 Å². The summed E-state index contributed by atoms with van der Waals surface area (Å²) in [5, 5.41) is 0. The van der Waals surface area contributed by atoms with Crippen LogP contribution in [0.5, 0.6) is 0 Å². The summed E-state index contributed by atoms with van der Waals surface area (Å²) in [7, 11) is 0. The van der Waals surface area contributed by atoms with Crippen molar-refractivity contribution in [3.8, 4) is 0 Å². The number of esters is 1. The monoisotopic (exact) mass is 312 g/mol. The highest BCUT2D eigenvalue weighted by Crippen LogP contribution is 2.09. The summed E-state index contributed by atoms with van der Waals surface area (Å²) in [6, 6.07) is 10.4. The fraction of sp³-hybridized carbons (Fsp3) is 0.118. The summed E-state index contributed by atoms with van der Waals surface area (Å²) >= 11 is 0. The quantitative estimate of drug-likeness (QED) is 0.697. The fourth-order valence-electron chi connectivity index (χ4n) is 2.18. The first-order valence-corrected chi connectivity index (χ1v) is 6.95. The Morgan fingerprint density at radius 2 is 2.04 bits per heavy atom. The molecule has 3 aromatic rings. The lowest BCUT2D eigenvalue weighted by Gasteiger charge is -2.07. The van der Waals surface area contributed by atoms with Crippen LogP contribution in [0, 0.1) is 12.7 Å². The summed E-state index contributed by atoms with van der Waals surface area (Å²) < 4.78 is 20.0. The van der Waals surface area contributed by atoms with E-state index in [0.717, 1.165) is 5.56 Å². The van der Waals surface area contributed by atoms with Crippen molar-refractivity contribution in [2.24, 2.45) is 0 Å². The zero-order valence-electron chi connectivity index (χ0n) is 12.3. The molecule has 0 N–H and O–H groups in total. The van der Waals surface area contributed by atoms with Crippen LogP contribution in [0.3, 0.4) is 0 Å². The minimum absolute atomic E-state index is 0.152. The third-order valence-corrected chi connectivity index (χ3v) is 3.31. The predicted molar refractivity (Wildman–Crippen MR) is 81.7 cm³/mol. The van der Waals surface area contributed by atoms with E-state index in [1.807, 2.05) is 13.0 Å². The van der Waals surface area contributed by atoms with Crippen LogP contribution in [-0.4, -0.2) is 15.4 Å². The fourth-order valence-corrected chi connectivity index (χ4v) is 2.18. The van der Waals surface area contributed by atoms with Gasteiger partial charge in [0.25, 0.3) is 5.56 Å². The predicted octanol–water partition coefficient (Wildman–Crippen LogP) is 2.50. The lowest BCUT2D eigenvalue weighted by molar-refractivity contribution is 0.0462. The molecule has 23 heavy (non-hydrogen) atoms. The first-order valence-electron chi connectivity index (χ1n) is 6.95. The second kappa shape index (κ2) is 6.00. The highest BCUT2D eigenvalue weighted by atomic mass is 19.1. The van der Waals surface area contributed by atoms with Gasteiger partial charge in [0, 0.05) is 12.3 Å². The molecule has 0 spiro atoms. The van der Waals surface area contributed by atoms with E-state index in [0.29, 0.717) is 11.3 Å². The number of hydrogen-bond donors (Lipinski definition) is 0. The Hall–Kier alpha value is -3.02. The Morgan fingerprint density at radius 1 is 1.26 bits per heavy atom. The lowest BCUT2D eigenvalue weighted by atomic mass is 10.2. The molecular weight excluding hydrogens is 299 g/mol. The lowest BCUT2D eigenvalue weighted by Crippen LogP contribution is -2.17. The number of hydrogen-bond acceptors (Lipinski definition) is 4. The number of carbonyl (C=O) groups excluding carboxylic acids is 1. The van der Waals surface area contributed by atoms with Crippen molar-refractivity contribution in [2.75, 3.05) is 0 Å². The summed E-state index contributed by atoms with van der Waals surface area (Å²) in [6.07, 6.45) is 1.68. The summed E-state index contributed by atoms with van der Waals surface area (Å²) in [5.41, 5.74) is 1.28. The van der Waals surface area contributed by atoms with Crippen LogP contribution in [0.4, 0.5) is 4.39 Å². The Bertz CT molecular complexity index is 950. The van der Waals surface area contributed by atoms with Gasteiger partial charge < -0.3 is 4.74 Å². The van der Waals surface area contributed by atoms with Gasteiger partial charge in [-0.25, -0.2) is 14.2 Å². The van der Waals surface area contributed by atoms with Crippen LogP contribution in [-0.2, 0) is 11.3 Å². The van der Waals surface area contributed by atoms with Crippen molar-refractivity contribution in [3.63, 3.8) is 0 Å². The van der Waals surface area contributed by atoms with Gasteiger partial charge in [-0.15, -0.1) is 0 Å². The topological polar surface area (TPSA) is 60.7 Å². The van der Waals surface area contributed by atoms with Gasteiger partial charge in [-0.05, 0) is 30.7 Å². The van der Waals surface area contributed by atoms with Gasteiger partial charge in [-0.1, -0.05) is 18.2 Å². The third kappa shape index (κ3) is 3.11. The molecule has 5 nitrogen and oxygen atoms in total. The molecule has 0 atom stereocenters. The van der Waals surface area contributed by atoms with E-state index in [9.17, 15) is 14.0 Å². The van der Waals surface area contributed by atoms with Crippen molar-refractivity contribution in [1.29, 1.82) is 0 Å². The second-order valence-corrected chi connectivity index (χ2v) is 5.08. The van der Waals surface area contributed by atoms with Gasteiger partial charge in [0.1, 0.15) is 18.1 Å². The molecule has 0 radical (unpaired) electrons. The number of carbonyl (C=O) groups is 1. The van der Waals surface area contributed by atoms with Crippen LogP contribution in [0.25, 0.3) is 5.65 Å². The highest BCUT2D eigenvalue weighted by molar-refractivity contribution is 5.89. The van der Waals surface area contributed by atoms with E-state index < -0.39 is 11.8 Å². The zero-order valence-corrected chi connectivity index (χ0v) is 12.3. The molecule has 3 rings (SSSR count). The average Bonchev–Trinajstić information content (AvgIpc) is 2.54. The maximum Gasteiger partial charge on any atom is 0.341 e. The van der Waals surface area contributed by atoms with Crippen LogP contribution >= 0.6 is 0 Å². The second-order valence-electron chi connectivity index (χ2n) is 5.08. The standard InChI is InChI=1S/C17H13FN2O3/c1-11-6-7-15-19-12(8-16(21)20(15)9-11)10-23-17(22)13-4-2-3-5-14(13)18/h2-9H,10H2,1H3. The molecule has 0 unspecified atom stereocenters. The summed E-state index contributed by atoms with van der Waals surface area (Å²) in [4.78, 5) is 28.2. The van der Waals surface area contributed by atoms with Gasteiger partial charge in [0.2, 0.25) is 0 Å². The molecule has 0 bridgehead atoms. The summed E-state index contributed by atoms with van der Waals surface area (Å²) in [6.45, 7) is 1.67. The molecule has 0 aliphatic rings. The first-order chi connectivity index (χ1) is 11.0. The average molecular weight is 312 g/mol. The number of benzene rings is 1. The van der Waals surface area contributed by atoms with Gasteiger partial charge in [-0.2, -0.15) is 0 Å². The minimum Gasteiger partial charge on any atom is -0.455 e. The normalized spacial score (nSPS) is 10.7. The van der Waals surface area contributed by atoms with Crippen molar-refractivity contribution < 1.29 is 13.9 Å². The molecule has 6 heteroatoms. The number of ether oxygens (including phenoxy) is 1. The maximum absolute atomic E-state index is 13.5. The molecule has 0 saturated heterocycles. The molecule has 0 fully saturated rings. The van der Waals surface area contributed by atoms with E-state index in [-0.39, 0.29) is 17.7 Å². The van der Waals surface area contributed by atoms with E-state index >= 15 is 0 Å². The van der Waals surface area contributed by atoms with Crippen LogP contribution in [0.15, 0.2) is 53.5 Å². The highest BCUT2D eigenvalue weighted by Gasteiger charge is 2.13. The number of fused-ring (bicyclic) bond motifs is 1. The molecule has 1 aromatic carbocycles. The number of aryl methyl sites for hydroxylation is 1. The maximum atomic E-state index is 13.5. The first kappa shape index (κ1) is 14.9. The number of halogens is 1. The van der Waals surface area contributed by atoms with E-state index in [2.05, 4.69) is 4.98 Å². The minimum atomic E-state index is -0.797. The van der Waals surface area contributed by atoms with Crippen molar-refractivity contribution in [3.05, 3.63) is 81.7 Å². The molecule has 0 amide bonds. The molecule has 0 aliphatic heterocycles.